The van der Waals surface area contributed by atoms with Gasteiger partial charge in [-0.05, 0) is 30.5 Å². The molecule has 4 nitrogen and oxygen atoms in total. The Balaban J connectivity index is 2.01. The largest absolute Gasteiger partial charge is 0.508 e. The van der Waals surface area contributed by atoms with Crippen molar-refractivity contribution in [1.82, 2.24) is 4.90 Å². The SMILES string of the molecule is O=C(O)CCN(Cc1cc(O)cc(F)c1)C1CC1. The molecule has 5 heteroatoms. The molecule has 2 rings (SSSR count). The summed E-state index contributed by atoms with van der Waals surface area (Å²) in [4.78, 5) is 12.6. The van der Waals surface area contributed by atoms with Gasteiger partial charge in [0.15, 0.2) is 0 Å². The van der Waals surface area contributed by atoms with Crippen LogP contribution < -0.4 is 0 Å². The van der Waals surface area contributed by atoms with Crippen molar-refractivity contribution in [3.05, 3.63) is 29.6 Å². The Kier molecular flexibility index (Phi) is 3.81. The highest BCUT2D eigenvalue weighted by Crippen LogP contribution is 2.29. The second kappa shape index (κ2) is 5.35. The molecule has 1 aromatic carbocycles. The number of hydrogen-bond acceptors (Lipinski definition) is 3. The fourth-order valence-corrected chi connectivity index (χ4v) is 2.03. The van der Waals surface area contributed by atoms with Crippen molar-refractivity contribution in [3.63, 3.8) is 0 Å². The second-order valence-corrected chi connectivity index (χ2v) is 4.66. The van der Waals surface area contributed by atoms with Crippen molar-refractivity contribution in [1.29, 1.82) is 0 Å². The highest BCUT2D eigenvalue weighted by atomic mass is 19.1. The molecule has 0 amide bonds. The van der Waals surface area contributed by atoms with Gasteiger partial charge in [-0.15, -0.1) is 0 Å². The summed E-state index contributed by atoms with van der Waals surface area (Å²) >= 11 is 0. The average Bonchev–Trinajstić information content (AvgIpc) is 3.06. The maximum Gasteiger partial charge on any atom is 0.304 e. The first-order valence-corrected chi connectivity index (χ1v) is 5.99. The fraction of sp³-hybridized carbons (Fsp3) is 0.462. The molecule has 2 N–H and O–H groups in total. The molecule has 0 unspecified atom stereocenters. The summed E-state index contributed by atoms with van der Waals surface area (Å²) < 4.78 is 13.1. The quantitative estimate of drug-likeness (QED) is 0.813. The molecule has 1 saturated carbocycles. The lowest BCUT2D eigenvalue weighted by molar-refractivity contribution is -0.137. The molecule has 0 aromatic heterocycles. The highest BCUT2D eigenvalue weighted by molar-refractivity contribution is 5.66. The van der Waals surface area contributed by atoms with Gasteiger partial charge in [0.1, 0.15) is 11.6 Å². The first-order chi connectivity index (χ1) is 8.54. The molecule has 0 saturated heterocycles. The van der Waals surface area contributed by atoms with Crippen LogP contribution in [0, 0.1) is 5.82 Å². The third-order valence-corrected chi connectivity index (χ3v) is 3.00. The van der Waals surface area contributed by atoms with E-state index in [0.717, 1.165) is 18.9 Å². The third kappa shape index (κ3) is 3.70. The van der Waals surface area contributed by atoms with Crippen molar-refractivity contribution in [2.45, 2.75) is 31.8 Å². The number of carbonyl (C=O) groups is 1. The Morgan fingerprint density at radius 2 is 2.11 bits per heavy atom. The summed E-state index contributed by atoms with van der Waals surface area (Å²) in [5.41, 5.74) is 0.671. The van der Waals surface area contributed by atoms with Crippen LogP contribution >= 0.6 is 0 Å². The van der Waals surface area contributed by atoms with Gasteiger partial charge in [0.25, 0.3) is 0 Å². The zero-order valence-electron chi connectivity index (χ0n) is 9.97. The van der Waals surface area contributed by atoms with Crippen LogP contribution in [-0.4, -0.2) is 33.7 Å². The van der Waals surface area contributed by atoms with Gasteiger partial charge in [-0.1, -0.05) is 0 Å². The molecule has 98 valence electrons. The number of carboxylic acids is 1. The lowest BCUT2D eigenvalue weighted by Crippen LogP contribution is -2.28. The number of aromatic hydroxyl groups is 1. The summed E-state index contributed by atoms with van der Waals surface area (Å²) in [6, 6.07) is 4.34. The van der Waals surface area contributed by atoms with Gasteiger partial charge >= 0.3 is 5.97 Å². The van der Waals surface area contributed by atoms with Crippen LogP contribution in [0.2, 0.25) is 0 Å². The van der Waals surface area contributed by atoms with Crippen LogP contribution in [0.3, 0.4) is 0 Å². The Morgan fingerprint density at radius 1 is 1.39 bits per heavy atom. The standard InChI is InChI=1S/C13H16FNO3/c14-10-5-9(6-12(16)7-10)8-15(11-1-2-11)4-3-13(17)18/h5-7,11,16H,1-4,8H2,(H,17,18). The van der Waals surface area contributed by atoms with Crippen molar-refractivity contribution >= 4 is 5.97 Å². The zero-order chi connectivity index (χ0) is 13.1. The Hall–Kier alpha value is -1.62. The lowest BCUT2D eigenvalue weighted by atomic mass is 10.2. The van der Waals surface area contributed by atoms with Gasteiger partial charge in [-0.25, -0.2) is 4.39 Å². The molecule has 1 aliphatic carbocycles. The number of nitrogens with zero attached hydrogens (tertiary/aromatic N) is 1. The molecule has 1 aromatic rings. The minimum absolute atomic E-state index is 0.0811. The van der Waals surface area contributed by atoms with E-state index in [2.05, 4.69) is 0 Å². The van der Waals surface area contributed by atoms with E-state index in [9.17, 15) is 14.3 Å². The summed E-state index contributed by atoms with van der Waals surface area (Å²) in [6.45, 7) is 0.931. The predicted octanol–water partition coefficient (Wildman–Crippen LogP) is 1.97. The molecule has 18 heavy (non-hydrogen) atoms. The molecule has 1 fully saturated rings. The smallest absolute Gasteiger partial charge is 0.304 e. The van der Waals surface area contributed by atoms with E-state index < -0.39 is 11.8 Å². The van der Waals surface area contributed by atoms with Crippen molar-refractivity contribution in [2.75, 3.05) is 6.54 Å². The van der Waals surface area contributed by atoms with E-state index in [1.807, 2.05) is 4.90 Å². The molecular formula is C13H16FNO3. The van der Waals surface area contributed by atoms with Gasteiger partial charge in [0.05, 0.1) is 6.42 Å². The molecule has 0 heterocycles. The number of phenolic OH excluding ortho intramolecular Hbond substituents is 1. The van der Waals surface area contributed by atoms with Crippen LogP contribution in [0.4, 0.5) is 4.39 Å². The van der Waals surface area contributed by atoms with E-state index in [1.54, 1.807) is 0 Å². The fourth-order valence-electron chi connectivity index (χ4n) is 2.03. The maximum atomic E-state index is 13.1. The molecule has 1 aliphatic rings. The van der Waals surface area contributed by atoms with Crippen LogP contribution in [0.15, 0.2) is 18.2 Å². The first-order valence-electron chi connectivity index (χ1n) is 5.99. The Morgan fingerprint density at radius 3 is 2.67 bits per heavy atom. The van der Waals surface area contributed by atoms with E-state index in [-0.39, 0.29) is 12.2 Å². The molecule has 0 bridgehead atoms. The first kappa shape index (κ1) is 12.8. The monoisotopic (exact) mass is 253 g/mol. The van der Waals surface area contributed by atoms with Gasteiger partial charge < -0.3 is 10.2 Å². The van der Waals surface area contributed by atoms with E-state index >= 15 is 0 Å². The number of phenols is 1. The minimum atomic E-state index is -0.831. The highest BCUT2D eigenvalue weighted by Gasteiger charge is 2.29. The van der Waals surface area contributed by atoms with Crippen LogP contribution in [0.1, 0.15) is 24.8 Å². The number of rotatable bonds is 6. The van der Waals surface area contributed by atoms with Crippen LogP contribution in [0.25, 0.3) is 0 Å². The van der Waals surface area contributed by atoms with Gasteiger partial charge in [-0.3, -0.25) is 9.69 Å². The minimum Gasteiger partial charge on any atom is -0.508 e. The predicted molar refractivity (Wildman–Crippen MR) is 63.7 cm³/mol. The van der Waals surface area contributed by atoms with Gasteiger partial charge in [-0.2, -0.15) is 0 Å². The Bertz CT molecular complexity index is 426. The zero-order valence-corrected chi connectivity index (χ0v) is 9.97. The van der Waals surface area contributed by atoms with Crippen molar-refractivity contribution < 1.29 is 19.4 Å². The Labute approximate surface area is 105 Å². The van der Waals surface area contributed by atoms with Crippen molar-refractivity contribution in [2.24, 2.45) is 0 Å². The average molecular weight is 253 g/mol. The van der Waals surface area contributed by atoms with Gasteiger partial charge in [0, 0.05) is 25.2 Å². The number of benzene rings is 1. The van der Waals surface area contributed by atoms with Crippen molar-refractivity contribution in [3.8, 4) is 5.75 Å². The topological polar surface area (TPSA) is 60.8 Å². The number of carboxylic acid groups (broad SMARTS) is 1. The number of aliphatic carboxylic acids is 1. The second-order valence-electron chi connectivity index (χ2n) is 4.66. The van der Waals surface area contributed by atoms with E-state index in [4.69, 9.17) is 5.11 Å². The van der Waals surface area contributed by atoms with E-state index in [0.29, 0.717) is 24.7 Å². The molecule has 0 atom stereocenters. The summed E-state index contributed by atoms with van der Waals surface area (Å²) in [5, 5.41) is 18.0. The number of hydrogen-bond donors (Lipinski definition) is 2. The molecule has 0 aliphatic heterocycles. The summed E-state index contributed by atoms with van der Waals surface area (Å²) in [6.07, 6.45) is 2.19. The number of halogens is 1. The van der Waals surface area contributed by atoms with Crippen LogP contribution in [-0.2, 0) is 11.3 Å². The molecular weight excluding hydrogens is 237 g/mol. The molecule has 0 radical (unpaired) electrons. The van der Waals surface area contributed by atoms with E-state index in [1.165, 1.54) is 12.1 Å². The van der Waals surface area contributed by atoms with Gasteiger partial charge in [0.2, 0.25) is 0 Å². The maximum absolute atomic E-state index is 13.1. The normalized spacial score (nSPS) is 15.0. The molecule has 0 spiro atoms. The lowest BCUT2D eigenvalue weighted by Gasteiger charge is -2.21. The van der Waals surface area contributed by atoms with Crippen LogP contribution in [0.5, 0.6) is 5.75 Å². The summed E-state index contributed by atoms with van der Waals surface area (Å²) in [7, 11) is 0. The summed E-state index contributed by atoms with van der Waals surface area (Å²) in [5.74, 6) is -1.40. The third-order valence-electron chi connectivity index (χ3n) is 3.00.